The Bertz CT molecular complexity index is 222. The molecule has 1 aliphatic heterocycles. The minimum absolute atomic E-state index is 0.0227. The maximum absolute atomic E-state index is 11.6. The van der Waals surface area contributed by atoms with Crippen LogP contribution in [0.25, 0.3) is 0 Å². The number of rotatable bonds is 3. The van der Waals surface area contributed by atoms with E-state index in [9.17, 15) is 4.79 Å². The zero-order chi connectivity index (χ0) is 10.9. The van der Waals surface area contributed by atoms with E-state index in [2.05, 4.69) is 39.9 Å². The molecule has 0 spiro atoms. The Kier molecular flexibility index (Phi) is 3.23. The van der Waals surface area contributed by atoms with Crippen LogP contribution in [0.2, 0.25) is 0 Å². The van der Waals surface area contributed by atoms with E-state index in [0.29, 0.717) is 11.8 Å². The van der Waals surface area contributed by atoms with E-state index in [1.165, 1.54) is 12.8 Å². The van der Waals surface area contributed by atoms with Crippen molar-refractivity contribution < 1.29 is 4.79 Å². The van der Waals surface area contributed by atoms with Crippen LogP contribution in [0.4, 0.5) is 0 Å². The van der Waals surface area contributed by atoms with Gasteiger partial charge in [-0.05, 0) is 25.7 Å². The van der Waals surface area contributed by atoms with E-state index < -0.39 is 0 Å². The first-order valence-corrected chi connectivity index (χ1v) is 5.72. The zero-order valence-electron chi connectivity index (χ0n) is 10.1. The maximum Gasteiger partial charge on any atom is 0.223 e. The van der Waals surface area contributed by atoms with Gasteiger partial charge >= 0.3 is 0 Å². The molecule has 0 aromatic carbocycles. The van der Waals surface area contributed by atoms with Crippen molar-refractivity contribution in [2.45, 2.75) is 53.0 Å². The summed E-state index contributed by atoms with van der Waals surface area (Å²) in [6.07, 6.45) is 2.42. The van der Waals surface area contributed by atoms with Gasteiger partial charge in [0.15, 0.2) is 0 Å². The Morgan fingerprint density at radius 1 is 1.50 bits per heavy atom. The molecule has 1 amide bonds. The quantitative estimate of drug-likeness (QED) is 0.740. The van der Waals surface area contributed by atoms with E-state index >= 15 is 0 Å². The topological polar surface area (TPSA) is 29.1 Å². The highest BCUT2D eigenvalue weighted by Gasteiger charge is 2.46. The number of hydrogen-bond donors (Lipinski definition) is 1. The van der Waals surface area contributed by atoms with Gasteiger partial charge in [-0.15, -0.1) is 0 Å². The summed E-state index contributed by atoms with van der Waals surface area (Å²) in [5, 5.41) is 3.09. The molecule has 1 aliphatic rings. The minimum Gasteiger partial charge on any atom is -0.351 e. The van der Waals surface area contributed by atoms with Gasteiger partial charge in [-0.1, -0.05) is 33.6 Å². The Balaban J connectivity index is 2.79. The fourth-order valence-corrected chi connectivity index (χ4v) is 3.14. The molecule has 0 saturated carbocycles. The Morgan fingerprint density at radius 2 is 2.07 bits per heavy atom. The van der Waals surface area contributed by atoms with Crippen molar-refractivity contribution in [2.24, 2.45) is 17.8 Å². The zero-order valence-corrected chi connectivity index (χ0v) is 10.1. The number of amides is 1. The summed E-state index contributed by atoms with van der Waals surface area (Å²) >= 11 is 0. The second kappa shape index (κ2) is 3.92. The first-order chi connectivity index (χ1) is 6.40. The van der Waals surface area contributed by atoms with Crippen LogP contribution in [0.15, 0.2) is 0 Å². The third kappa shape index (κ3) is 1.94. The van der Waals surface area contributed by atoms with Gasteiger partial charge < -0.3 is 5.32 Å². The lowest BCUT2D eigenvalue weighted by Crippen LogP contribution is -2.41. The highest BCUT2D eigenvalue weighted by molar-refractivity contribution is 5.82. The number of carbonyl (C=O) groups is 1. The van der Waals surface area contributed by atoms with Crippen LogP contribution in [0.5, 0.6) is 0 Å². The molecule has 2 heteroatoms. The minimum atomic E-state index is -0.0227. The lowest BCUT2D eigenvalue weighted by Gasteiger charge is -2.33. The highest BCUT2D eigenvalue weighted by atomic mass is 16.2. The van der Waals surface area contributed by atoms with Gasteiger partial charge in [0.25, 0.3) is 0 Å². The van der Waals surface area contributed by atoms with Gasteiger partial charge in [0.05, 0.1) is 0 Å². The molecule has 82 valence electrons. The van der Waals surface area contributed by atoms with E-state index in [1.807, 2.05) is 0 Å². The van der Waals surface area contributed by atoms with Crippen LogP contribution in [-0.4, -0.2) is 11.4 Å². The summed E-state index contributed by atoms with van der Waals surface area (Å²) in [7, 11) is 0. The molecule has 0 radical (unpaired) electrons. The van der Waals surface area contributed by atoms with E-state index in [0.717, 1.165) is 0 Å². The van der Waals surface area contributed by atoms with Crippen LogP contribution in [0.3, 0.4) is 0 Å². The second-order valence-electron chi connectivity index (χ2n) is 5.29. The van der Waals surface area contributed by atoms with Crippen molar-refractivity contribution in [3.8, 4) is 0 Å². The molecule has 1 heterocycles. The molecule has 14 heavy (non-hydrogen) atoms. The number of hydrogen-bond acceptors (Lipinski definition) is 1. The smallest absolute Gasteiger partial charge is 0.223 e. The third-order valence-corrected chi connectivity index (χ3v) is 3.59. The van der Waals surface area contributed by atoms with Crippen molar-refractivity contribution in [2.75, 3.05) is 0 Å². The first-order valence-electron chi connectivity index (χ1n) is 5.72. The fraction of sp³-hybridized carbons (Fsp3) is 0.917. The Labute approximate surface area is 87.5 Å². The largest absolute Gasteiger partial charge is 0.351 e. The molecule has 0 bridgehead atoms. The Hall–Kier alpha value is -0.530. The van der Waals surface area contributed by atoms with Gasteiger partial charge in [-0.3, -0.25) is 4.79 Å². The molecular weight excluding hydrogens is 174 g/mol. The summed E-state index contributed by atoms with van der Waals surface area (Å²) in [5.74, 6) is 1.51. The van der Waals surface area contributed by atoms with Gasteiger partial charge in [0, 0.05) is 11.5 Å². The lowest BCUT2D eigenvalue weighted by molar-refractivity contribution is -0.122. The normalized spacial score (nSPS) is 32.8. The van der Waals surface area contributed by atoms with E-state index in [1.54, 1.807) is 0 Å². The first kappa shape index (κ1) is 11.5. The van der Waals surface area contributed by atoms with E-state index in [-0.39, 0.29) is 17.4 Å². The van der Waals surface area contributed by atoms with Crippen molar-refractivity contribution in [3.05, 3.63) is 0 Å². The predicted molar refractivity (Wildman–Crippen MR) is 58.9 cm³/mol. The van der Waals surface area contributed by atoms with Gasteiger partial charge in [-0.25, -0.2) is 0 Å². The summed E-state index contributed by atoms with van der Waals surface area (Å²) in [6, 6.07) is 0. The van der Waals surface area contributed by atoms with E-state index in [4.69, 9.17) is 0 Å². The van der Waals surface area contributed by atoms with Crippen LogP contribution >= 0.6 is 0 Å². The molecular formula is C12H23NO. The van der Waals surface area contributed by atoms with Crippen molar-refractivity contribution >= 4 is 5.91 Å². The average molecular weight is 197 g/mol. The molecule has 2 nitrogen and oxygen atoms in total. The molecule has 0 aliphatic carbocycles. The molecule has 0 aromatic rings. The SMILES string of the molecule is CCCC(C)C1C(C)C(=O)NC1(C)C. The van der Waals surface area contributed by atoms with Gasteiger partial charge in [-0.2, -0.15) is 0 Å². The number of nitrogens with one attached hydrogen (secondary N) is 1. The third-order valence-electron chi connectivity index (χ3n) is 3.59. The lowest BCUT2D eigenvalue weighted by atomic mass is 9.73. The average Bonchev–Trinajstić information content (AvgIpc) is 2.21. The summed E-state index contributed by atoms with van der Waals surface area (Å²) in [6.45, 7) is 10.8. The van der Waals surface area contributed by atoms with Crippen LogP contribution in [-0.2, 0) is 4.79 Å². The molecule has 1 N–H and O–H groups in total. The molecule has 1 fully saturated rings. The predicted octanol–water partition coefficient (Wildman–Crippen LogP) is 2.58. The second-order valence-corrected chi connectivity index (χ2v) is 5.29. The summed E-state index contributed by atoms with van der Waals surface area (Å²) in [4.78, 5) is 11.6. The Morgan fingerprint density at radius 3 is 2.43 bits per heavy atom. The molecule has 1 rings (SSSR count). The van der Waals surface area contributed by atoms with Crippen LogP contribution in [0.1, 0.15) is 47.5 Å². The van der Waals surface area contributed by atoms with Crippen molar-refractivity contribution in [3.63, 3.8) is 0 Å². The standard InChI is InChI=1S/C12H23NO/c1-6-7-8(2)10-9(3)11(14)13-12(10,4)5/h8-10H,6-7H2,1-5H3,(H,13,14). The highest BCUT2D eigenvalue weighted by Crippen LogP contribution is 2.38. The summed E-state index contributed by atoms with van der Waals surface area (Å²) in [5.41, 5.74) is -0.0227. The van der Waals surface area contributed by atoms with Crippen LogP contribution < -0.4 is 5.32 Å². The van der Waals surface area contributed by atoms with Crippen molar-refractivity contribution in [1.82, 2.24) is 5.32 Å². The summed E-state index contributed by atoms with van der Waals surface area (Å²) < 4.78 is 0. The van der Waals surface area contributed by atoms with Crippen molar-refractivity contribution in [1.29, 1.82) is 0 Å². The molecule has 1 saturated heterocycles. The number of carbonyl (C=O) groups excluding carboxylic acids is 1. The van der Waals surface area contributed by atoms with Crippen LogP contribution in [0, 0.1) is 17.8 Å². The monoisotopic (exact) mass is 197 g/mol. The van der Waals surface area contributed by atoms with Gasteiger partial charge in [0.2, 0.25) is 5.91 Å². The fourth-order valence-electron chi connectivity index (χ4n) is 3.14. The van der Waals surface area contributed by atoms with Gasteiger partial charge in [0.1, 0.15) is 0 Å². The molecule has 3 atom stereocenters. The molecule has 0 aromatic heterocycles. The molecule has 3 unspecified atom stereocenters. The maximum atomic E-state index is 11.6.